The molecule has 0 aliphatic carbocycles. The minimum atomic E-state index is -0.476. The van der Waals surface area contributed by atoms with Crippen molar-refractivity contribution < 1.29 is 19.1 Å². The van der Waals surface area contributed by atoms with Crippen LogP contribution in [0.15, 0.2) is 36.4 Å². The van der Waals surface area contributed by atoms with Gasteiger partial charge in [0.1, 0.15) is 0 Å². The zero-order chi connectivity index (χ0) is 18.7. The molecule has 1 spiro atoms. The predicted octanol–water partition coefficient (Wildman–Crippen LogP) is 1.52. The van der Waals surface area contributed by atoms with Gasteiger partial charge in [-0.25, -0.2) is 0 Å². The van der Waals surface area contributed by atoms with E-state index in [1.165, 1.54) is 0 Å². The van der Waals surface area contributed by atoms with Crippen molar-refractivity contribution in [1.82, 2.24) is 15.3 Å². The smallest absolute Gasteiger partial charge is 0.244 e. The number of hydrogen-bond acceptors (Lipinski definition) is 5. The number of hydrazine groups is 1. The van der Waals surface area contributed by atoms with Crippen molar-refractivity contribution in [2.45, 2.75) is 31.5 Å². The van der Waals surface area contributed by atoms with E-state index in [0.717, 1.165) is 11.3 Å². The molecule has 0 unspecified atom stereocenters. The molecule has 2 fully saturated rings. The molecule has 2 saturated heterocycles. The first-order valence-corrected chi connectivity index (χ1v) is 9.54. The number of carbonyl (C=O) groups is 2. The molecule has 3 heterocycles. The summed E-state index contributed by atoms with van der Waals surface area (Å²) in [6, 6.07) is 9.87. The number of piperidine rings is 1. The number of nitrogens with zero attached hydrogens (tertiary/aromatic N) is 2. The molecule has 0 radical (unpaired) electrons. The van der Waals surface area contributed by atoms with Gasteiger partial charge in [-0.15, -0.1) is 0 Å². The number of hydrogen-bond donors (Lipinski definition) is 1. The van der Waals surface area contributed by atoms with Gasteiger partial charge in [-0.1, -0.05) is 30.3 Å². The number of rotatable bonds is 4. The molecule has 4 rings (SSSR count). The minimum Gasteiger partial charge on any atom is -0.347 e. The van der Waals surface area contributed by atoms with E-state index in [1.807, 2.05) is 41.3 Å². The number of carbonyl (C=O) groups excluding carboxylic acids is 2. The maximum Gasteiger partial charge on any atom is 0.244 e. The highest BCUT2D eigenvalue weighted by Gasteiger charge is 2.40. The molecular weight excluding hydrogens is 346 g/mol. The maximum absolute atomic E-state index is 12.6. The fourth-order valence-electron chi connectivity index (χ4n) is 3.78. The van der Waals surface area contributed by atoms with Gasteiger partial charge in [-0.3, -0.25) is 20.0 Å². The van der Waals surface area contributed by atoms with Crippen molar-refractivity contribution in [3.8, 4) is 0 Å². The van der Waals surface area contributed by atoms with Crippen LogP contribution in [0.4, 0.5) is 0 Å². The lowest BCUT2D eigenvalue weighted by molar-refractivity contribution is -0.187. The van der Waals surface area contributed by atoms with Crippen LogP contribution in [0.2, 0.25) is 0 Å². The van der Waals surface area contributed by atoms with Crippen LogP contribution in [-0.4, -0.2) is 60.4 Å². The lowest BCUT2D eigenvalue weighted by atomic mass is 10.0. The quantitative estimate of drug-likeness (QED) is 0.869. The summed E-state index contributed by atoms with van der Waals surface area (Å²) >= 11 is 0. The van der Waals surface area contributed by atoms with Crippen LogP contribution >= 0.6 is 0 Å². The van der Waals surface area contributed by atoms with E-state index < -0.39 is 5.79 Å². The van der Waals surface area contributed by atoms with E-state index in [4.69, 9.17) is 9.47 Å². The molecule has 0 saturated carbocycles. The van der Waals surface area contributed by atoms with Crippen molar-refractivity contribution in [2.24, 2.45) is 0 Å². The lowest BCUT2D eigenvalue weighted by Crippen LogP contribution is -2.49. The first kappa shape index (κ1) is 18.0. The second kappa shape index (κ2) is 7.70. The third-order valence-electron chi connectivity index (χ3n) is 5.36. The van der Waals surface area contributed by atoms with Crippen LogP contribution in [0, 0.1) is 0 Å². The normalized spacial score (nSPS) is 21.9. The molecule has 1 N–H and O–H groups in total. The molecular formula is C20H25N3O4. The van der Waals surface area contributed by atoms with Crippen LogP contribution in [0.1, 0.15) is 31.2 Å². The standard InChI is InChI=1S/C20H25N3O4/c24-18(22-12-9-20(10-13-22)26-14-15-27-20)8-11-23-19(25)7-6-17(21-23)16-4-2-1-3-5-16/h1-6,21H,7-15H2. The topological polar surface area (TPSA) is 71.1 Å². The molecule has 2 amide bonds. The van der Waals surface area contributed by atoms with Gasteiger partial charge in [-0.05, 0) is 11.6 Å². The molecule has 7 nitrogen and oxygen atoms in total. The van der Waals surface area contributed by atoms with Crippen LogP contribution in [0.3, 0.4) is 0 Å². The Hall–Kier alpha value is -2.38. The van der Waals surface area contributed by atoms with Crippen LogP contribution < -0.4 is 5.43 Å². The molecule has 0 aromatic heterocycles. The molecule has 3 aliphatic rings. The molecule has 144 valence electrons. The second-order valence-corrected chi connectivity index (χ2v) is 7.08. The summed E-state index contributed by atoms with van der Waals surface area (Å²) in [7, 11) is 0. The summed E-state index contributed by atoms with van der Waals surface area (Å²) in [5, 5.41) is 1.55. The second-order valence-electron chi connectivity index (χ2n) is 7.08. The van der Waals surface area contributed by atoms with E-state index in [2.05, 4.69) is 5.43 Å². The summed E-state index contributed by atoms with van der Waals surface area (Å²) in [5.74, 6) is -0.433. The average molecular weight is 371 g/mol. The van der Waals surface area contributed by atoms with Gasteiger partial charge in [0.15, 0.2) is 5.79 Å². The number of benzene rings is 1. The van der Waals surface area contributed by atoms with E-state index in [0.29, 0.717) is 58.5 Å². The first-order valence-electron chi connectivity index (χ1n) is 9.54. The van der Waals surface area contributed by atoms with Gasteiger partial charge in [0, 0.05) is 38.8 Å². The third-order valence-corrected chi connectivity index (χ3v) is 5.36. The molecule has 0 atom stereocenters. The minimum absolute atomic E-state index is 0.0205. The summed E-state index contributed by atoms with van der Waals surface area (Å²) in [6.45, 7) is 2.89. The monoisotopic (exact) mass is 371 g/mol. The Morgan fingerprint density at radius 3 is 2.52 bits per heavy atom. The highest BCUT2D eigenvalue weighted by molar-refractivity contribution is 5.84. The van der Waals surface area contributed by atoms with Crippen molar-refractivity contribution >= 4 is 17.5 Å². The van der Waals surface area contributed by atoms with E-state index in [9.17, 15) is 9.59 Å². The summed E-state index contributed by atoms with van der Waals surface area (Å²) in [5.41, 5.74) is 5.08. The molecule has 1 aromatic rings. The van der Waals surface area contributed by atoms with Gasteiger partial charge >= 0.3 is 0 Å². The molecule has 1 aromatic carbocycles. The SMILES string of the molecule is O=C(CCN1NC(c2ccccc2)=CCC1=O)N1CCC2(CC1)OCCO2. The molecule has 7 heteroatoms. The van der Waals surface area contributed by atoms with Crippen molar-refractivity contribution in [3.05, 3.63) is 42.0 Å². The number of ether oxygens (including phenoxy) is 2. The van der Waals surface area contributed by atoms with E-state index >= 15 is 0 Å². The van der Waals surface area contributed by atoms with Gasteiger partial charge in [0.2, 0.25) is 11.8 Å². The van der Waals surface area contributed by atoms with Gasteiger partial charge in [-0.2, -0.15) is 0 Å². The Labute approximate surface area is 158 Å². The van der Waals surface area contributed by atoms with E-state index in [-0.39, 0.29) is 11.8 Å². The largest absolute Gasteiger partial charge is 0.347 e. The van der Waals surface area contributed by atoms with Gasteiger partial charge in [0.25, 0.3) is 0 Å². The van der Waals surface area contributed by atoms with Crippen LogP contribution in [0.25, 0.3) is 5.70 Å². The van der Waals surface area contributed by atoms with Crippen molar-refractivity contribution in [2.75, 3.05) is 32.8 Å². The Balaban J connectivity index is 1.29. The zero-order valence-electron chi connectivity index (χ0n) is 15.4. The number of amides is 2. The molecule has 3 aliphatic heterocycles. The van der Waals surface area contributed by atoms with Crippen molar-refractivity contribution in [3.63, 3.8) is 0 Å². The van der Waals surface area contributed by atoms with Gasteiger partial charge < -0.3 is 14.4 Å². The zero-order valence-corrected chi connectivity index (χ0v) is 15.4. The Morgan fingerprint density at radius 2 is 1.81 bits per heavy atom. The summed E-state index contributed by atoms with van der Waals surface area (Å²) < 4.78 is 11.4. The highest BCUT2D eigenvalue weighted by atomic mass is 16.7. The maximum atomic E-state index is 12.6. The Bertz CT molecular complexity index is 718. The van der Waals surface area contributed by atoms with Crippen molar-refractivity contribution in [1.29, 1.82) is 0 Å². The average Bonchev–Trinajstić information content (AvgIpc) is 3.16. The molecule has 0 bridgehead atoms. The molecule has 27 heavy (non-hydrogen) atoms. The summed E-state index contributed by atoms with van der Waals surface area (Å²) in [4.78, 5) is 26.6. The summed E-state index contributed by atoms with van der Waals surface area (Å²) in [6.07, 6.45) is 3.95. The highest BCUT2D eigenvalue weighted by Crippen LogP contribution is 2.31. The number of nitrogens with one attached hydrogen (secondary N) is 1. The van der Waals surface area contributed by atoms with E-state index in [1.54, 1.807) is 5.01 Å². The van der Waals surface area contributed by atoms with Gasteiger partial charge in [0.05, 0.1) is 25.5 Å². The Kier molecular flexibility index (Phi) is 5.13. The fraction of sp³-hybridized carbons (Fsp3) is 0.500. The third kappa shape index (κ3) is 3.99. The van der Waals surface area contributed by atoms with Crippen LogP contribution in [0.5, 0.6) is 0 Å². The number of likely N-dealkylation sites (tertiary alicyclic amines) is 1. The lowest BCUT2D eigenvalue weighted by Gasteiger charge is -2.38. The fourth-order valence-corrected chi connectivity index (χ4v) is 3.78. The van der Waals surface area contributed by atoms with Crippen LogP contribution in [-0.2, 0) is 19.1 Å². The first-order chi connectivity index (χ1) is 13.2. The Morgan fingerprint density at radius 1 is 1.11 bits per heavy atom. The predicted molar refractivity (Wildman–Crippen MR) is 99.0 cm³/mol.